The van der Waals surface area contributed by atoms with Crippen LogP contribution in [-0.4, -0.2) is 32.6 Å². The fraction of sp³-hybridized carbons (Fsp3) is 0.364. The summed E-state index contributed by atoms with van der Waals surface area (Å²) in [5.74, 6) is 0.108. The highest BCUT2D eigenvalue weighted by molar-refractivity contribution is 7.80. The lowest BCUT2D eigenvalue weighted by Gasteiger charge is -2.27. The van der Waals surface area contributed by atoms with E-state index in [0.717, 1.165) is 22.8 Å². The van der Waals surface area contributed by atoms with Crippen LogP contribution < -0.4 is 15.5 Å². The molecule has 0 aromatic heterocycles. The van der Waals surface area contributed by atoms with Crippen molar-refractivity contribution in [3.63, 3.8) is 0 Å². The molecule has 1 heterocycles. The van der Waals surface area contributed by atoms with Gasteiger partial charge in [-0.1, -0.05) is 0 Å². The summed E-state index contributed by atoms with van der Waals surface area (Å²) in [6.45, 7) is 1.96. The van der Waals surface area contributed by atoms with Crippen LogP contribution in [-0.2, 0) is 4.79 Å². The number of nitrogens with one attached hydrogen (secondary N) is 2. The number of piperazine rings is 1. The Morgan fingerprint density at radius 2 is 2.31 bits per heavy atom. The normalized spacial score (nSPS) is 16.4. The Balaban J connectivity index is 2.26. The highest BCUT2D eigenvalue weighted by Crippen LogP contribution is 2.26. The SMILES string of the molecule is CNc1ccc(N2CCNCC2=O)cc1S. The van der Waals surface area contributed by atoms with Crippen LogP contribution in [0.4, 0.5) is 11.4 Å². The van der Waals surface area contributed by atoms with Crippen LogP contribution in [0.25, 0.3) is 0 Å². The molecule has 1 aliphatic heterocycles. The maximum atomic E-state index is 11.7. The molecule has 16 heavy (non-hydrogen) atoms. The molecule has 0 unspecified atom stereocenters. The number of nitrogens with zero attached hydrogens (tertiary/aromatic N) is 1. The zero-order chi connectivity index (χ0) is 11.5. The van der Waals surface area contributed by atoms with Crippen molar-refractivity contribution < 1.29 is 4.79 Å². The number of hydrogen-bond donors (Lipinski definition) is 3. The standard InChI is InChI=1S/C11H15N3OS/c1-12-9-3-2-8(6-10(9)16)14-5-4-13-7-11(14)15/h2-3,6,12-13,16H,4-5,7H2,1H3. The van der Waals surface area contributed by atoms with Gasteiger partial charge in [-0.2, -0.15) is 0 Å². The Morgan fingerprint density at radius 1 is 1.50 bits per heavy atom. The topological polar surface area (TPSA) is 44.4 Å². The zero-order valence-corrected chi connectivity index (χ0v) is 10.1. The summed E-state index contributed by atoms with van der Waals surface area (Å²) < 4.78 is 0. The van der Waals surface area contributed by atoms with Gasteiger partial charge >= 0.3 is 0 Å². The Kier molecular flexibility index (Phi) is 3.36. The van der Waals surface area contributed by atoms with Crippen molar-refractivity contribution in [1.29, 1.82) is 0 Å². The lowest BCUT2D eigenvalue weighted by Crippen LogP contribution is -2.48. The van der Waals surface area contributed by atoms with Crippen molar-refractivity contribution in [2.45, 2.75) is 4.90 Å². The van der Waals surface area contributed by atoms with E-state index in [1.807, 2.05) is 25.2 Å². The molecule has 0 saturated carbocycles. The van der Waals surface area contributed by atoms with Crippen LogP contribution in [0, 0.1) is 0 Å². The first kappa shape index (κ1) is 11.3. The molecule has 1 aromatic carbocycles. The van der Waals surface area contributed by atoms with Crippen molar-refractivity contribution in [3.8, 4) is 0 Å². The molecule has 0 radical (unpaired) electrons. The fourth-order valence-corrected chi connectivity index (χ4v) is 2.10. The summed E-state index contributed by atoms with van der Waals surface area (Å²) in [4.78, 5) is 14.3. The average Bonchev–Trinajstić information content (AvgIpc) is 2.29. The van der Waals surface area contributed by atoms with Gasteiger partial charge in [-0.05, 0) is 18.2 Å². The Morgan fingerprint density at radius 3 is 2.94 bits per heavy atom. The molecule has 1 fully saturated rings. The van der Waals surface area contributed by atoms with Crippen LogP contribution in [0.15, 0.2) is 23.1 Å². The summed E-state index contributed by atoms with van der Waals surface area (Å²) in [5.41, 5.74) is 1.88. The van der Waals surface area contributed by atoms with Crippen molar-refractivity contribution in [2.75, 3.05) is 36.9 Å². The highest BCUT2D eigenvalue weighted by atomic mass is 32.1. The van der Waals surface area contributed by atoms with E-state index in [1.54, 1.807) is 4.90 Å². The van der Waals surface area contributed by atoms with E-state index in [4.69, 9.17) is 0 Å². The van der Waals surface area contributed by atoms with Crippen LogP contribution >= 0.6 is 12.6 Å². The van der Waals surface area contributed by atoms with Gasteiger partial charge in [0.05, 0.1) is 6.54 Å². The van der Waals surface area contributed by atoms with E-state index in [1.165, 1.54) is 0 Å². The van der Waals surface area contributed by atoms with Gasteiger partial charge in [-0.15, -0.1) is 12.6 Å². The molecule has 0 spiro atoms. The van der Waals surface area contributed by atoms with Crippen molar-refractivity contribution in [1.82, 2.24) is 5.32 Å². The zero-order valence-electron chi connectivity index (χ0n) is 9.16. The number of rotatable bonds is 2. The summed E-state index contributed by atoms with van der Waals surface area (Å²) in [6, 6.07) is 5.79. The van der Waals surface area contributed by atoms with E-state index >= 15 is 0 Å². The second kappa shape index (κ2) is 4.76. The first-order valence-electron chi connectivity index (χ1n) is 5.24. The molecule has 1 aromatic rings. The lowest BCUT2D eigenvalue weighted by atomic mass is 10.2. The monoisotopic (exact) mass is 237 g/mol. The third kappa shape index (κ3) is 2.15. The Hall–Kier alpha value is -1.20. The number of hydrogen-bond acceptors (Lipinski definition) is 4. The van der Waals surface area contributed by atoms with Crippen LogP contribution in [0.1, 0.15) is 0 Å². The number of benzene rings is 1. The molecule has 0 bridgehead atoms. The van der Waals surface area contributed by atoms with E-state index in [2.05, 4.69) is 23.3 Å². The van der Waals surface area contributed by atoms with E-state index in [9.17, 15) is 4.79 Å². The quantitative estimate of drug-likeness (QED) is 0.671. The second-order valence-corrected chi connectivity index (χ2v) is 4.16. The van der Waals surface area contributed by atoms with Gasteiger partial charge in [0.15, 0.2) is 0 Å². The first-order valence-corrected chi connectivity index (χ1v) is 5.69. The van der Waals surface area contributed by atoms with Gasteiger partial charge in [0.1, 0.15) is 0 Å². The largest absolute Gasteiger partial charge is 0.387 e. The second-order valence-electron chi connectivity index (χ2n) is 3.67. The Labute approximate surface area is 100 Å². The molecule has 2 N–H and O–H groups in total. The molecule has 1 amide bonds. The molecular formula is C11H15N3OS. The number of carbonyl (C=O) groups excluding carboxylic acids is 1. The average molecular weight is 237 g/mol. The van der Waals surface area contributed by atoms with Crippen LogP contribution in [0.3, 0.4) is 0 Å². The minimum Gasteiger partial charge on any atom is -0.387 e. The molecule has 1 saturated heterocycles. The minimum absolute atomic E-state index is 0.108. The first-order chi connectivity index (χ1) is 7.72. The van der Waals surface area contributed by atoms with Crippen LogP contribution in [0.5, 0.6) is 0 Å². The van der Waals surface area contributed by atoms with Gasteiger partial charge < -0.3 is 15.5 Å². The molecule has 5 heteroatoms. The van der Waals surface area contributed by atoms with Crippen molar-refractivity contribution in [3.05, 3.63) is 18.2 Å². The molecule has 4 nitrogen and oxygen atoms in total. The summed E-state index contributed by atoms with van der Waals surface area (Å²) in [5, 5.41) is 6.09. The molecule has 0 atom stereocenters. The van der Waals surface area contributed by atoms with Gasteiger partial charge in [0, 0.05) is 36.4 Å². The molecular weight excluding hydrogens is 222 g/mol. The maximum Gasteiger partial charge on any atom is 0.240 e. The predicted molar refractivity (Wildman–Crippen MR) is 68.5 cm³/mol. The number of thiol groups is 1. The molecule has 86 valence electrons. The van der Waals surface area contributed by atoms with Crippen molar-refractivity contribution >= 4 is 29.9 Å². The van der Waals surface area contributed by atoms with E-state index in [-0.39, 0.29) is 5.91 Å². The molecule has 0 aliphatic carbocycles. The predicted octanol–water partition coefficient (Wildman–Crippen LogP) is 0.953. The Bertz CT molecular complexity index is 408. The summed E-state index contributed by atoms with van der Waals surface area (Å²) >= 11 is 4.38. The number of carbonyl (C=O) groups is 1. The van der Waals surface area contributed by atoms with Gasteiger partial charge in [0.25, 0.3) is 0 Å². The molecule has 1 aliphatic rings. The third-order valence-corrected chi connectivity index (χ3v) is 3.02. The van der Waals surface area contributed by atoms with Crippen molar-refractivity contribution in [2.24, 2.45) is 0 Å². The number of amides is 1. The van der Waals surface area contributed by atoms with E-state index < -0.39 is 0 Å². The lowest BCUT2D eigenvalue weighted by molar-refractivity contribution is -0.118. The number of anilines is 2. The van der Waals surface area contributed by atoms with Crippen LogP contribution in [0.2, 0.25) is 0 Å². The minimum atomic E-state index is 0.108. The highest BCUT2D eigenvalue weighted by Gasteiger charge is 2.19. The summed E-state index contributed by atoms with van der Waals surface area (Å²) in [7, 11) is 1.85. The van der Waals surface area contributed by atoms with Gasteiger partial charge in [-0.3, -0.25) is 4.79 Å². The fourth-order valence-electron chi connectivity index (χ4n) is 1.78. The van der Waals surface area contributed by atoms with Gasteiger partial charge in [-0.25, -0.2) is 0 Å². The molecule has 2 rings (SSSR count). The third-order valence-electron chi connectivity index (χ3n) is 2.65. The maximum absolute atomic E-state index is 11.7. The summed E-state index contributed by atoms with van der Waals surface area (Å²) in [6.07, 6.45) is 0. The smallest absolute Gasteiger partial charge is 0.240 e. The van der Waals surface area contributed by atoms with Gasteiger partial charge in [0.2, 0.25) is 5.91 Å². The van der Waals surface area contributed by atoms with E-state index in [0.29, 0.717) is 13.1 Å².